The molecule has 2 amide bonds. The minimum Gasteiger partial charge on any atom is -0.312 e. The van der Waals surface area contributed by atoms with Crippen molar-refractivity contribution in [1.82, 2.24) is 10.2 Å². The van der Waals surface area contributed by atoms with E-state index in [1.165, 1.54) is 11.3 Å². The van der Waals surface area contributed by atoms with Gasteiger partial charge in [-0.2, -0.15) is 0 Å². The second kappa shape index (κ2) is 9.16. The molecule has 1 aliphatic heterocycles. The van der Waals surface area contributed by atoms with E-state index in [1.54, 1.807) is 22.7 Å². The molecule has 1 aliphatic rings. The van der Waals surface area contributed by atoms with Gasteiger partial charge in [0.05, 0.1) is 11.7 Å². The van der Waals surface area contributed by atoms with Crippen LogP contribution in [0.5, 0.6) is 0 Å². The molecule has 4 rings (SSSR count). The van der Waals surface area contributed by atoms with Crippen molar-refractivity contribution >= 4 is 57.3 Å². The average molecular weight is 459 g/mol. The Labute approximate surface area is 187 Å². The lowest BCUT2D eigenvalue weighted by atomic mass is 10.1. The first-order chi connectivity index (χ1) is 14.5. The van der Waals surface area contributed by atoms with Gasteiger partial charge in [0.25, 0.3) is 0 Å². The molecular formula is C21H19ClN4O2S2. The summed E-state index contributed by atoms with van der Waals surface area (Å²) in [4.78, 5) is 27.9. The summed E-state index contributed by atoms with van der Waals surface area (Å²) >= 11 is 9.19. The molecule has 1 unspecified atom stereocenters. The average Bonchev–Trinajstić information content (AvgIpc) is 3.36. The van der Waals surface area contributed by atoms with E-state index in [9.17, 15) is 9.59 Å². The fourth-order valence-corrected chi connectivity index (χ4v) is 4.94. The highest BCUT2D eigenvalue weighted by atomic mass is 35.5. The molecule has 154 valence electrons. The Bertz CT molecular complexity index is 1070. The maximum atomic E-state index is 12.7. The van der Waals surface area contributed by atoms with Crippen LogP contribution in [0, 0.1) is 12.8 Å². The van der Waals surface area contributed by atoms with Crippen molar-refractivity contribution in [2.75, 3.05) is 16.8 Å². The molecule has 2 heterocycles. The van der Waals surface area contributed by atoms with Gasteiger partial charge in [-0.15, -0.1) is 22.0 Å². The zero-order chi connectivity index (χ0) is 21.1. The van der Waals surface area contributed by atoms with Crippen LogP contribution in [0.3, 0.4) is 0 Å². The number of hydrogen-bond donors (Lipinski definition) is 1. The maximum absolute atomic E-state index is 12.7. The van der Waals surface area contributed by atoms with Crippen LogP contribution in [-0.2, 0) is 15.3 Å². The number of rotatable bonds is 6. The highest BCUT2D eigenvalue weighted by molar-refractivity contribution is 7.98. The Morgan fingerprint density at radius 1 is 1.27 bits per heavy atom. The van der Waals surface area contributed by atoms with Gasteiger partial charge in [-0.05, 0) is 36.8 Å². The van der Waals surface area contributed by atoms with Gasteiger partial charge < -0.3 is 10.2 Å². The van der Waals surface area contributed by atoms with Crippen LogP contribution in [0.25, 0.3) is 0 Å². The molecule has 0 radical (unpaired) electrons. The summed E-state index contributed by atoms with van der Waals surface area (Å²) in [6, 6.07) is 15.5. The summed E-state index contributed by atoms with van der Waals surface area (Å²) in [6.45, 7) is 2.22. The number of amides is 2. The van der Waals surface area contributed by atoms with E-state index in [0.717, 1.165) is 15.5 Å². The first kappa shape index (κ1) is 20.8. The lowest BCUT2D eigenvalue weighted by Crippen LogP contribution is -2.28. The van der Waals surface area contributed by atoms with Crippen LogP contribution in [0.4, 0.5) is 10.8 Å². The smallest absolute Gasteiger partial charge is 0.231 e. The van der Waals surface area contributed by atoms with Crippen LogP contribution >= 0.6 is 34.7 Å². The van der Waals surface area contributed by atoms with E-state index in [-0.39, 0.29) is 18.2 Å². The van der Waals surface area contributed by atoms with Gasteiger partial charge in [0.2, 0.25) is 16.9 Å². The maximum Gasteiger partial charge on any atom is 0.231 e. The Kier molecular flexibility index (Phi) is 6.36. The minimum atomic E-state index is -0.441. The van der Waals surface area contributed by atoms with E-state index in [0.29, 0.717) is 28.1 Å². The second-order valence-electron chi connectivity index (χ2n) is 6.93. The summed E-state index contributed by atoms with van der Waals surface area (Å²) in [7, 11) is 0. The van der Waals surface area contributed by atoms with E-state index < -0.39 is 5.92 Å². The molecule has 3 aromatic rings. The Morgan fingerprint density at radius 2 is 2.07 bits per heavy atom. The van der Waals surface area contributed by atoms with E-state index in [2.05, 4.69) is 15.5 Å². The molecule has 1 atom stereocenters. The van der Waals surface area contributed by atoms with Crippen molar-refractivity contribution in [2.24, 2.45) is 5.92 Å². The van der Waals surface area contributed by atoms with Gasteiger partial charge >= 0.3 is 0 Å². The first-order valence-electron chi connectivity index (χ1n) is 9.37. The van der Waals surface area contributed by atoms with Crippen molar-refractivity contribution in [1.29, 1.82) is 0 Å². The number of hydrogen-bond acceptors (Lipinski definition) is 6. The SMILES string of the molecule is Cc1ccc(N2CC(C(=O)Nc3nnc(CSc4ccccc4)s3)CC2=O)cc1Cl. The van der Waals surface area contributed by atoms with Gasteiger partial charge in [0.1, 0.15) is 5.01 Å². The standard InChI is InChI=1S/C21H19ClN4O2S2/c1-13-7-8-15(10-17(13)22)26-11-14(9-19(26)27)20(28)23-21-25-24-18(30-21)12-29-16-5-3-2-4-6-16/h2-8,10,14H,9,11-12H2,1H3,(H,23,25,28). The fourth-order valence-electron chi connectivity index (χ4n) is 3.11. The van der Waals surface area contributed by atoms with Gasteiger partial charge in [0, 0.05) is 28.6 Å². The number of anilines is 2. The molecule has 2 aromatic carbocycles. The van der Waals surface area contributed by atoms with Crippen molar-refractivity contribution in [2.45, 2.75) is 24.0 Å². The molecule has 1 N–H and O–H groups in total. The number of thioether (sulfide) groups is 1. The van der Waals surface area contributed by atoms with Crippen molar-refractivity contribution < 1.29 is 9.59 Å². The Hall–Kier alpha value is -2.42. The number of benzene rings is 2. The zero-order valence-corrected chi connectivity index (χ0v) is 18.6. The van der Waals surface area contributed by atoms with Crippen LogP contribution in [0.1, 0.15) is 17.0 Å². The lowest BCUT2D eigenvalue weighted by Gasteiger charge is -2.17. The summed E-state index contributed by atoms with van der Waals surface area (Å²) in [5.41, 5.74) is 1.65. The molecular weight excluding hydrogens is 440 g/mol. The first-order valence-corrected chi connectivity index (χ1v) is 11.5. The second-order valence-corrected chi connectivity index (χ2v) is 9.45. The summed E-state index contributed by atoms with van der Waals surface area (Å²) in [5.74, 6) is -0.0695. The predicted molar refractivity (Wildman–Crippen MR) is 121 cm³/mol. The summed E-state index contributed by atoms with van der Waals surface area (Å²) in [5, 5.41) is 12.9. The van der Waals surface area contributed by atoms with Gasteiger partial charge in [-0.1, -0.05) is 47.2 Å². The highest BCUT2D eigenvalue weighted by Gasteiger charge is 2.35. The van der Waals surface area contributed by atoms with Gasteiger partial charge in [-0.3, -0.25) is 9.59 Å². The predicted octanol–water partition coefficient (Wildman–Crippen LogP) is 4.78. The third kappa shape index (κ3) is 4.83. The number of carbonyl (C=O) groups excluding carboxylic acids is 2. The monoisotopic (exact) mass is 458 g/mol. The zero-order valence-electron chi connectivity index (χ0n) is 16.2. The summed E-state index contributed by atoms with van der Waals surface area (Å²) in [6.07, 6.45) is 0.160. The van der Waals surface area contributed by atoms with E-state index in [1.807, 2.05) is 49.4 Å². The van der Waals surface area contributed by atoms with E-state index in [4.69, 9.17) is 11.6 Å². The molecule has 30 heavy (non-hydrogen) atoms. The van der Waals surface area contributed by atoms with Crippen molar-refractivity contribution in [3.8, 4) is 0 Å². The lowest BCUT2D eigenvalue weighted by molar-refractivity contribution is -0.122. The Balaban J connectivity index is 1.34. The van der Waals surface area contributed by atoms with Crippen molar-refractivity contribution in [3.05, 3.63) is 64.1 Å². The molecule has 1 aromatic heterocycles. The number of aryl methyl sites for hydroxylation is 1. The van der Waals surface area contributed by atoms with Crippen molar-refractivity contribution in [3.63, 3.8) is 0 Å². The van der Waals surface area contributed by atoms with Crippen LogP contribution in [-0.4, -0.2) is 28.6 Å². The number of aromatic nitrogens is 2. The third-order valence-corrected chi connectivity index (χ3v) is 7.22. The van der Waals surface area contributed by atoms with Crippen LogP contribution in [0.2, 0.25) is 5.02 Å². The normalized spacial score (nSPS) is 16.1. The molecule has 0 bridgehead atoms. The molecule has 0 aliphatic carbocycles. The molecule has 0 saturated carbocycles. The number of nitrogens with one attached hydrogen (secondary N) is 1. The van der Waals surface area contributed by atoms with E-state index >= 15 is 0 Å². The van der Waals surface area contributed by atoms with Gasteiger partial charge in [-0.25, -0.2) is 0 Å². The van der Waals surface area contributed by atoms with Crippen LogP contribution < -0.4 is 10.2 Å². The molecule has 1 fully saturated rings. The summed E-state index contributed by atoms with van der Waals surface area (Å²) < 4.78 is 0. The molecule has 6 nitrogen and oxygen atoms in total. The minimum absolute atomic E-state index is 0.0905. The number of carbonyl (C=O) groups is 2. The Morgan fingerprint density at radius 3 is 2.83 bits per heavy atom. The molecule has 0 spiro atoms. The van der Waals surface area contributed by atoms with Crippen LogP contribution in [0.15, 0.2) is 53.4 Å². The fraction of sp³-hybridized carbons (Fsp3) is 0.238. The molecule has 9 heteroatoms. The van der Waals surface area contributed by atoms with Gasteiger partial charge in [0.15, 0.2) is 0 Å². The number of nitrogens with zero attached hydrogens (tertiary/aromatic N) is 3. The quantitative estimate of drug-likeness (QED) is 0.538. The third-order valence-electron chi connectivity index (χ3n) is 4.77. The highest BCUT2D eigenvalue weighted by Crippen LogP contribution is 2.30. The largest absolute Gasteiger partial charge is 0.312 e. The topological polar surface area (TPSA) is 75.2 Å². The molecule has 1 saturated heterocycles. The number of halogens is 1.